The fourth-order valence-electron chi connectivity index (χ4n) is 3.31. The van der Waals surface area contributed by atoms with E-state index in [-0.39, 0.29) is 5.41 Å². The minimum Gasteiger partial charge on any atom is -0.349 e. The second-order valence-corrected chi connectivity index (χ2v) is 7.96. The molecule has 0 bridgehead atoms. The number of allylic oxidation sites excluding steroid dienone is 5. The van der Waals surface area contributed by atoms with Crippen LogP contribution in [0.3, 0.4) is 0 Å². The van der Waals surface area contributed by atoms with Crippen molar-refractivity contribution in [1.82, 2.24) is 29.4 Å². The quantitative estimate of drug-likeness (QED) is 0.613. The molecule has 3 heterocycles. The molecule has 0 atom stereocenters. The second-order valence-electron chi connectivity index (χ2n) is 7.96. The van der Waals surface area contributed by atoms with E-state index in [2.05, 4.69) is 45.1 Å². The summed E-state index contributed by atoms with van der Waals surface area (Å²) in [6.45, 7) is 12.6. The summed E-state index contributed by atoms with van der Waals surface area (Å²) < 4.78 is 3.77. The maximum atomic E-state index is 4.67. The molecule has 29 heavy (non-hydrogen) atoms. The van der Waals surface area contributed by atoms with Crippen LogP contribution in [0, 0.1) is 13.8 Å². The maximum absolute atomic E-state index is 4.67. The van der Waals surface area contributed by atoms with Crippen LogP contribution >= 0.6 is 0 Å². The summed E-state index contributed by atoms with van der Waals surface area (Å²) in [5, 5.41) is 12.6. The van der Waals surface area contributed by atoms with Crippen LogP contribution in [0.4, 0.5) is 5.95 Å². The van der Waals surface area contributed by atoms with Crippen molar-refractivity contribution in [3.8, 4) is 0 Å². The van der Waals surface area contributed by atoms with Crippen LogP contribution in [0.15, 0.2) is 43.1 Å². The van der Waals surface area contributed by atoms with Crippen molar-refractivity contribution in [3.63, 3.8) is 0 Å². The molecular formula is C22H27N7. The number of aryl methyl sites for hydroxylation is 2. The van der Waals surface area contributed by atoms with Crippen molar-refractivity contribution in [2.24, 2.45) is 0 Å². The van der Waals surface area contributed by atoms with Gasteiger partial charge < -0.3 is 5.32 Å². The van der Waals surface area contributed by atoms with Gasteiger partial charge in [-0.05, 0) is 45.8 Å². The van der Waals surface area contributed by atoms with E-state index in [0.29, 0.717) is 18.3 Å². The van der Waals surface area contributed by atoms with Gasteiger partial charge in [0.15, 0.2) is 0 Å². The molecule has 3 aromatic rings. The minimum absolute atomic E-state index is 0.193. The van der Waals surface area contributed by atoms with E-state index in [9.17, 15) is 0 Å². The number of hydrogen-bond donors (Lipinski definition) is 1. The molecule has 0 amide bonds. The Bertz CT molecular complexity index is 1130. The van der Waals surface area contributed by atoms with E-state index in [1.807, 2.05) is 54.4 Å². The van der Waals surface area contributed by atoms with Crippen molar-refractivity contribution in [1.29, 1.82) is 0 Å². The van der Waals surface area contributed by atoms with Gasteiger partial charge in [-0.25, -0.2) is 9.67 Å². The number of nitrogens with one attached hydrogen (secondary N) is 1. The van der Waals surface area contributed by atoms with Crippen LogP contribution in [-0.2, 0) is 12.0 Å². The van der Waals surface area contributed by atoms with E-state index in [4.69, 9.17) is 0 Å². The standard InChI is InChI=1S/C22H27N7/c1-6-7-8-9-16(3)28-14-18(17(4)26-28)13-23-20-25-21-24-15(2)12-19(29(21)27-20)22(5)10-11-22/h6-9,12,14H,1,10-11,13H2,2-5H3,(H,23,27)/b8-7-,16-9+. The molecule has 3 aromatic heterocycles. The molecule has 150 valence electrons. The molecule has 7 nitrogen and oxygen atoms in total. The Balaban J connectivity index is 1.54. The Kier molecular flexibility index (Phi) is 4.82. The molecule has 0 aliphatic heterocycles. The highest BCUT2D eigenvalue weighted by molar-refractivity contribution is 5.46. The van der Waals surface area contributed by atoms with Crippen LogP contribution in [-0.4, -0.2) is 29.4 Å². The Morgan fingerprint density at radius 2 is 2.03 bits per heavy atom. The lowest BCUT2D eigenvalue weighted by Gasteiger charge is -2.10. The number of nitrogens with zero attached hydrogens (tertiary/aromatic N) is 6. The molecule has 0 aromatic carbocycles. The number of rotatable bonds is 7. The number of fused-ring (bicyclic) bond motifs is 1. The molecule has 7 heteroatoms. The Hall–Kier alpha value is -3.22. The largest absolute Gasteiger partial charge is 0.349 e. The van der Waals surface area contributed by atoms with Crippen molar-refractivity contribution >= 4 is 17.4 Å². The first kappa shape index (κ1) is 19.1. The first-order valence-corrected chi connectivity index (χ1v) is 9.90. The Labute approximate surface area is 170 Å². The predicted molar refractivity (Wildman–Crippen MR) is 116 cm³/mol. The molecule has 4 rings (SSSR count). The number of anilines is 1. The third-order valence-electron chi connectivity index (χ3n) is 5.44. The smallest absolute Gasteiger partial charge is 0.254 e. The lowest BCUT2D eigenvalue weighted by atomic mass is 10.0. The van der Waals surface area contributed by atoms with Gasteiger partial charge in [-0.2, -0.15) is 14.6 Å². The normalized spacial score (nSPS) is 15.9. The summed E-state index contributed by atoms with van der Waals surface area (Å²) in [5.41, 5.74) is 5.47. The van der Waals surface area contributed by atoms with Crippen molar-refractivity contribution < 1.29 is 0 Å². The first-order valence-electron chi connectivity index (χ1n) is 9.90. The Morgan fingerprint density at radius 3 is 2.76 bits per heavy atom. The second kappa shape index (κ2) is 7.31. The van der Waals surface area contributed by atoms with E-state index < -0.39 is 0 Å². The number of hydrogen-bond acceptors (Lipinski definition) is 5. The van der Waals surface area contributed by atoms with Crippen LogP contribution in [0.1, 0.15) is 49.3 Å². The molecule has 1 aliphatic rings. The summed E-state index contributed by atoms with van der Waals surface area (Å²) in [6.07, 6.45) is 12.0. The Morgan fingerprint density at radius 1 is 1.24 bits per heavy atom. The highest BCUT2D eigenvalue weighted by atomic mass is 15.4. The van der Waals surface area contributed by atoms with Crippen LogP contribution in [0.5, 0.6) is 0 Å². The van der Waals surface area contributed by atoms with Crippen molar-refractivity contribution in [3.05, 3.63) is 65.8 Å². The third kappa shape index (κ3) is 3.85. The van der Waals surface area contributed by atoms with Gasteiger partial charge in [0.2, 0.25) is 5.95 Å². The van der Waals surface area contributed by atoms with E-state index in [0.717, 1.165) is 22.6 Å². The molecule has 0 saturated heterocycles. The molecule has 1 N–H and O–H groups in total. The average Bonchev–Trinajstić information content (AvgIpc) is 3.13. The van der Waals surface area contributed by atoms with Gasteiger partial charge in [0.25, 0.3) is 5.78 Å². The minimum atomic E-state index is 0.193. The molecule has 0 unspecified atom stereocenters. The first-order chi connectivity index (χ1) is 13.9. The molecular weight excluding hydrogens is 362 g/mol. The van der Waals surface area contributed by atoms with Crippen LogP contribution < -0.4 is 5.32 Å². The van der Waals surface area contributed by atoms with Crippen molar-refractivity contribution in [2.75, 3.05) is 5.32 Å². The summed E-state index contributed by atoms with van der Waals surface area (Å²) in [7, 11) is 0. The topological polar surface area (TPSA) is 72.9 Å². The summed E-state index contributed by atoms with van der Waals surface area (Å²) in [4.78, 5) is 9.13. The highest BCUT2D eigenvalue weighted by Gasteiger charge is 2.41. The third-order valence-corrected chi connectivity index (χ3v) is 5.44. The molecule has 1 aliphatic carbocycles. The summed E-state index contributed by atoms with van der Waals surface area (Å²) in [6, 6.07) is 2.13. The van der Waals surface area contributed by atoms with Gasteiger partial charge in [-0.3, -0.25) is 0 Å². The molecule has 1 saturated carbocycles. The SMILES string of the molecule is C=C/C=C\C=C(/C)n1cc(CNc2nc3nc(C)cc(C4(C)CC4)n3n2)c(C)n1. The van der Waals surface area contributed by atoms with Gasteiger partial charge >= 0.3 is 0 Å². The highest BCUT2D eigenvalue weighted by Crippen LogP contribution is 2.47. The predicted octanol–water partition coefficient (Wildman–Crippen LogP) is 4.20. The van der Waals surface area contributed by atoms with Crippen molar-refractivity contribution in [2.45, 2.75) is 52.5 Å². The fourth-order valence-corrected chi connectivity index (χ4v) is 3.31. The lowest BCUT2D eigenvalue weighted by molar-refractivity contribution is 0.693. The maximum Gasteiger partial charge on any atom is 0.254 e. The summed E-state index contributed by atoms with van der Waals surface area (Å²) >= 11 is 0. The zero-order valence-corrected chi connectivity index (χ0v) is 17.5. The van der Waals surface area contributed by atoms with Gasteiger partial charge in [-0.15, -0.1) is 5.10 Å². The zero-order chi connectivity index (χ0) is 20.6. The lowest BCUT2D eigenvalue weighted by Crippen LogP contribution is -2.10. The van der Waals surface area contributed by atoms with Gasteiger partial charge in [0.1, 0.15) is 0 Å². The zero-order valence-electron chi connectivity index (χ0n) is 17.5. The van der Waals surface area contributed by atoms with Gasteiger partial charge in [0.05, 0.1) is 11.4 Å². The van der Waals surface area contributed by atoms with E-state index >= 15 is 0 Å². The fraction of sp³-hybridized carbons (Fsp3) is 0.364. The van der Waals surface area contributed by atoms with E-state index in [1.54, 1.807) is 6.08 Å². The molecule has 1 fully saturated rings. The molecule has 0 spiro atoms. The average molecular weight is 390 g/mol. The number of aromatic nitrogens is 6. The van der Waals surface area contributed by atoms with Gasteiger partial charge in [0, 0.05) is 35.1 Å². The van der Waals surface area contributed by atoms with Crippen LogP contribution in [0.25, 0.3) is 11.5 Å². The monoisotopic (exact) mass is 389 g/mol. The summed E-state index contributed by atoms with van der Waals surface area (Å²) in [5.74, 6) is 1.23. The molecule has 0 radical (unpaired) electrons. The van der Waals surface area contributed by atoms with Gasteiger partial charge in [-0.1, -0.05) is 31.7 Å². The van der Waals surface area contributed by atoms with E-state index in [1.165, 1.54) is 18.5 Å². The van der Waals surface area contributed by atoms with Crippen LogP contribution in [0.2, 0.25) is 0 Å².